The largest absolute Gasteiger partial charge is 0.497 e. The number of ether oxygens (including phenoxy) is 4. The molecule has 11 heteroatoms. The normalized spacial score (nSPS) is 18.8. The van der Waals surface area contributed by atoms with Crippen molar-refractivity contribution < 1.29 is 37.0 Å². The second kappa shape index (κ2) is 28.1. The van der Waals surface area contributed by atoms with Crippen LogP contribution in [0.1, 0.15) is 140 Å². The van der Waals surface area contributed by atoms with Gasteiger partial charge in [0, 0.05) is 18.8 Å². The van der Waals surface area contributed by atoms with Gasteiger partial charge in [-0.2, -0.15) is 0 Å². The minimum Gasteiger partial charge on any atom is -0.497 e. The average molecular weight is 928 g/mol. The zero-order valence-electron chi connectivity index (χ0n) is 42.6. The molecule has 63 heavy (non-hydrogen) atoms. The lowest BCUT2D eigenvalue weighted by Gasteiger charge is -2.43. The van der Waals surface area contributed by atoms with Crippen LogP contribution in [0.3, 0.4) is 0 Å². The van der Waals surface area contributed by atoms with Gasteiger partial charge in [0.25, 0.3) is 0 Å². The number of carbonyl (C=O) groups is 1. The van der Waals surface area contributed by atoms with Gasteiger partial charge in [-0.3, -0.25) is 0 Å². The first-order valence-corrected chi connectivity index (χ1v) is 32.4. The number of hydrogen-bond donors (Lipinski definition) is 0. The van der Waals surface area contributed by atoms with Crippen LogP contribution in [0.5, 0.6) is 5.75 Å². The van der Waals surface area contributed by atoms with E-state index in [1.807, 2.05) is 32.1 Å². The van der Waals surface area contributed by atoms with E-state index in [1.165, 1.54) is 0 Å². The molecule has 0 unspecified atom stereocenters. The van der Waals surface area contributed by atoms with Crippen molar-refractivity contribution >= 4 is 30.9 Å². The quantitative estimate of drug-likeness (QED) is 0.0327. The van der Waals surface area contributed by atoms with E-state index in [0.29, 0.717) is 38.7 Å². The minimum absolute atomic E-state index is 0.0287. The number of rotatable bonds is 30. The maximum atomic E-state index is 13.9. The van der Waals surface area contributed by atoms with Gasteiger partial charge in [-0.25, -0.2) is 4.79 Å². The molecule has 1 heterocycles. The zero-order valence-corrected chi connectivity index (χ0v) is 45.6. The van der Waals surface area contributed by atoms with E-state index in [0.717, 1.165) is 66.8 Å². The molecule has 0 aromatic heterocycles. The topological polar surface area (TPSA) is 81.7 Å². The Hall–Kier alpha value is -2.20. The van der Waals surface area contributed by atoms with E-state index in [-0.39, 0.29) is 53.5 Å². The molecule has 0 bridgehead atoms. The molecule has 358 valence electrons. The first-order chi connectivity index (χ1) is 29.9. The summed E-state index contributed by atoms with van der Waals surface area (Å²) in [7, 11) is -4.67. The SMILES string of the molecule is C=CC[C@H](C[C@@H](CCC[C@@H](OCc1ccc(OC)cc1)[C@@H](C)[C@H](O[Si](CC)(CC)CC)[C@H](C#CC)O[Si](CC)(CC)CC)OC(=O)[C@H]1CC[C@H](CC#CC)O1)O[Si](C)(C)C(C)(C)C. The molecule has 1 aliphatic heterocycles. The maximum Gasteiger partial charge on any atom is 0.335 e. The molecule has 0 saturated carbocycles. The van der Waals surface area contributed by atoms with E-state index in [4.69, 9.17) is 32.2 Å². The lowest BCUT2D eigenvalue weighted by Crippen LogP contribution is -2.53. The highest BCUT2D eigenvalue weighted by molar-refractivity contribution is 6.74. The van der Waals surface area contributed by atoms with E-state index in [9.17, 15) is 4.79 Å². The Bertz CT molecular complexity index is 1580. The second-order valence-electron chi connectivity index (χ2n) is 19.3. The molecule has 0 amide bonds. The lowest BCUT2D eigenvalue weighted by molar-refractivity contribution is -0.163. The Morgan fingerprint density at radius 1 is 0.873 bits per heavy atom. The molecule has 0 spiro atoms. The van der Waals surface area contributed by atoms with Gasteiger partial charge in [0.1, 0.15) is 18.0 Å². The van der Waals surface area contributed by atoms with Crippen molar-refractivity contribution in [3.63, 3.8) is 0 Å². The fraction of sp³-hybridized carbons (Fsp3) is 0.750. The Morgan fingerprint density at radius 2 is 1.48 bits per heavy atom. The molecule has 1 saturated heterocycles. The minimum atomic E-state index is -2.14. The van der Waals surface area contributed by atoms with Crippen LogP contribution in [0.2, 0.25) is 54.4 Å². The Labute approximate surface area is 389 Å². The molecule has 0 aliphatic carbocycles. The molecule has 1 aromatic rings. The van der Waals surface area contributed by atoms with Crippen molar-refractivity contribution in [3.8, 4) is 29.4 Å². The van der Waals surface area contributed by atoms with Crippen molar-refractivity contribution in [1.29, 1.82) is 0 Å². The standard InChI is InChI=1S/C52H90O8Si3/c1-17-26-30-44-37-38-49(56-44)51(53)57-45(39-46(28-18-2)58-61(15,16)52(11,12)13)31-27-32-47(55-40-42-33-35-43(54-14)36-34-42)41(10)50(60-63(23-7,24-8)25-9)48(29-19-3)59-62(20-4,21-5)22-6/h18,33-36,41,44-50H,2,20-25,27-28,30-32,37-40H2,1,3-16H3/t41-,44+,45-,46-,47-,48+,49-,50+/m1/s1. The summed E-state index contributed by atoms with van der Waals surface area (Å²) in [6.07, 6.45) is 5.44. The highest BCUT2D eigenvalue weighted by Gasteiger charge is 2.44. The van der Waals surface area contributed by atoms with E-state index in [2.05, 4.69) is 125 Å². The number of benzene rings is 1. The van der Waals surface area contributed by atoms with Crippen LogP contribution >= 0.6 is 0 Å². The number of esters is 1. The van der Waals surface area contributed by atoms with Gasteiger partial charge < -0.3 is 32.2 Å². The smallest absolute Gasteiger partial charge is 0.335 e. The first-order valence-electron chi connectivity index (χ1n) is 24.5. The third-order valence-electron chi connectivity index (χ3n) is 14.3. The van der Waals surface area contributed by atoms with Gasteiger partial charge in [-0.15, -0.1) is 24.3 Å². The van der Waals surface area contributed by atoms with Gasteiger partial charge in [-0.1, -0.05) is 93.4 Å². The van der Waals surface area contributed by atoms with Crippen molar-refractivity contribution in [2.45, 2.75) is 238 Å². The fourth-order valence-electron chi connectivity index (χ4n) is 8.48. The molecular formula is C52H90O8Si3. The predicted octanol–water partition coefficient (Wildman–Crippen LogP) is 13.4. The summed E-state index contributed by atoms with van der Waals surface area (Å²) in [5.74, 6) is 13.4. The monoisotopic (exact) mass is 927 g/mol. The van der Waals surface area contributed by atoms with Gasteiger partial charge in [0.2, 0.25) is 0 Å². The van der Waals surface area contributed by atoms with Crippen LogP contribution in [0.4, 0.5) is 0 Å². The van der Waals surface area contributed by atoms with Crippen LogP contribution in [0.15, 0.2) is 36.9 Å². The van der Waals surface area contributed by atoms with Crippen LogP contribution in [0.25, 0.3) is 0 Å². The van der Waals surface area contributed by atoms with Crippen LogP contribution in [-0.4, -0.2) is 80.8 Å². The van der Waals surface area contributed by atoms with Crippen LogP contribution in [0, 0.1) is 29.6 Å². The van der Waals surface area contributed by atoms with E-state index >= 15 is 0 Å². The summed E-state index contributed by atoms with van der Waals surface area (Å²) in [4.78, 5) is 13.9. The number of methoxy groups -OCH3 is 1. The molecule has 1 aromatic carbocycles. The predicted molar refractivity (Wildman–Crippen MR) is 270 cm³/mol. The number of hydrogen-bond acceptors (Lipinski definition) is 8. The van der Waals surface area contributed by atoms with E-state index < -0.39 is 31.1 Å². The van der Waals surface area contributed by atoms with Crippen LogP contribution < -0.4 is 4.74 Å². The molecule has 0 N–H and O–H groups in total. The van der Waals surface area contributed by atoms with Crippen molar-refractivity contribution in [2.24, 2.45) is 5.92 Å². The number of carbonyl (C=O) groups excluding carboxylic acids is 1. The Balaban J connectivity index is 2.61. The average Bonchev–Trinajstić information content (AvgIpc) is 3.75. The summed E-state index contributed by atoms with van der Waals surface area (Å²) < 4.78 is 47.0. The first kappa shape index (κ1) is 56.9. The van der Waals surface area contributed by atoms with Gasteiger partial charge in [-0.05, 0) is 124 Å². The van der Waals surface area contributed by atoms with Gasteiger partial charge in [0.05, 0.1) is 38.1 Å². The summed E-state index contributed by atoms with van der Waals surface area (Å²) in [6, 6.07) is 14.3. The highest BCUT2D eigenvalue weighted by atomic mass is 28.4. The lowest BCUT2D eigenvalue weighted by atomic mass is 9.90. The summed E-state index contributed by atoms with van der Waals surface area (Å²) >= 11 is 0. The van der Waals surface area contributed by atoms with Crippen molar-refractivity contribution in [1.82, 2.24) is 0 Å². The Kier molecular flexibility index (Phi) is 25.4. The molecule has 1 aliphatic rings. The molecule has 8 nitrogen and oxygen atoms in total. The van der Waals surface area contributed by atoms with Crippen molar-refractivity contribution in [3.05, 3.63) is 42.5 Å². The second-order valence-corrected chi connectivity index (χ2v) is 33.5. The van der Waals surface area contributed by atoms with Crippen molar-refractivity contribution in [2.75, 3.05) is 7.11 Å². The zero-order chi connectivity index (χ0) is 47.3. The molecule has 8 atom stereocenters. The third kappa shape index (κ3) is 17.8. The summed E-state index contributed by atoms with van der Waals surface area (Å²) in [6.45, 7) is 35.6. The molecule has 0 radical (unpaired) electrons. The maximum absolute atomic E-state index is 13.9. The van der Waals surface area contributed by atoms with Gasteiger partial charge in [0.15, 0.2) is 31.1 Å². The van der Waals surface area contributed by atoms with Crippen LogP contribution in [-0.2, 0) is 38.9 Å². The molecular weight excluding hydrogens is 837 g/mol. The fourth-order valence-corrected chi connectivity index (χ4v) is 15.5. The van der Waals surface area contributed by atoms with Gasteiger partial charge >= 0.3 is 5.97 Å². The summed E-state index contributed by atoms with van der Waals surface area (Å²) in [5.41, 5.74) is 1.07. The molecule has 1 fully saturated rings. The Morgan fingerprint density at radius 3 is 2.00 bits per heavy atom. The summed E-state index contributed by atoms with van der Waals surface area (Å²) in [5, 5.41) is 0.0287. The van der Waals surface area contributed by atoms with E-state index in [1.54, 1.807) is 7.11 Å². The third-order valence-corrected chi connectivity index (χ3v) is 28.1. The highest BCUT2D eigenvalue weighted by Crippen LogP contribution is 2.39. The molecule has 2 rings (SSSR count).